The molecule has 1 amide bonds. The number of carbonyl (C=O) groups excluding carboxylic acids is 1. The van der Waals surface area contributed by atoms with Crippen molar-refractivity contribution in [2.75, 3.05) is 13.2 Å². The molecule has 0 unspecified atom stereocenters. The summed E-state index contributed by atoms with van der Waals surface area (Å²) in [4.78, 5) is 19.2. The van der Waals surface area contributed by atoms with Gasteiger partial charge in [0.05, 0.1) is 18.8 Å². The zero-order valence-electron chi connectivity index (χ0n) is 15.2. The molecule has 0 saturated carbocycles. The van der Waals surface area contributed by atoms with Gasteiger partial charge in [-0.1, -0.05) is 12.1 Å². The number of hydrogen-bond donors (Lipinski definition) is 0. The summed E-state index contributed by atoms with van der Waals surface area (Å²) in [5, 5.41) is 7.07. The van der Waals surface area contributed by atoms with Gasteiger partial charge in [-0.3, -0.25) is 9.48 Å². The molecule has 2 aromatic heterocycles. The fraction of sp³-hybridized carbons (Fsp3) is 0.316. The van der Waals surface area contributed by atoms with Gasteiger partial charge in [-0.2, -0.15) is 5.10 Å². The first-order valence-corrected chi connectivity index (χ1v) is 9.55. The van der Waals surface area contributed by atoms with E-state index in [0.717, 1.165) is 16.5 Å². The molecular formula is C19H20N4O3S. The molecule has 140 valence electrons. The van der Waals surface area contributed by atoms with Crippen LogP contribution >= 0.6 is 11.3 Å². The summed E-state index contributed by atoms with van der Waals surface area (Å²) >= 11 is 1.52. The Hall–Kier alpha value is -2.87. The molecule has 0 spiro atoms. The van der Waals surface area contributed by atoms with E-state index in [1.165, 1.54) is 11.3 Å². The lowest BCUT2D eigenvalue weighted by molar-refractivity contribution is 0.0437. The Morgan fingerprint density at radius 2 is 2.19 bits per heavy atom. The van der Waals surface area contributed by atoms with Gasteiger partial charge in [-0.05, 0) is 25.1 Å². The van der Waals surface area contributed by atoms with E-state index in [9.17, 15) is 4.79 Å². The molecule has 0 N–H and O–H groups in total. The highest BCUT2D eigenvalue weighted by Crippen LogP contribution is 2.31. The first kappa shape index (κ1) is 17.5. The first-order valence-electron chi connectivity index (χ1n) is 8.67. The molecule has 1 aliphatic rings. The molecule has 7 nitrogen and oxygen atoms in total. The predicted molar refractivity (Wildman–Crippen MR) is 101 cm³/mol. The largest absolute Gasteiger partial charge is 0.486 e. The van der Waals surface area contributed by atoms with E-state index in [2.05, 4.69) is 10.1 Å². The van der Waals surface area contributed by atoms with Crippen molar-refractivity contribution in [3.05, 3.63) is 58.3 Å². The fourth-order valence-corrected chi connectivity index (χ4v) is 3.72. The smallest absolute Gasteiger partial charge is 0.272 e. The maximum atomic E-state index is 13.2. The van der Waals surface area contributed by atoms with E-state index in [1.54, 1.807) is 28.9 Å². The van der Waals surface area contributed by atoms with Gasteiger partial charge in [0, 0.05) is 18.6 Å². The van der Waals surface area contributed by atoms with E-state index in [-0.39, 0.29) is 12.0 Å². The minimum atomic E-state index is -0.252. The number of aromatic nitrogens is 3. The lowest BCUT2D eigenvalue weighted by Crippen LogP contribution is -2.43. The quantitative estimate of drug-likeness (QED) is 0.676. The average Bonchev–Trinajstić information content (AvgIpc) is 3.29. The van der Waals surface area contributed by atoms with E-state index in [1.807, 2.05) is 36.6 Å². The molecule has 0 saturated heterocycles. The number of thiazole rings is 1. The Morgan fingerprint density at radius 1 is 1.37 bits per heavy atom. The number of fused-ring (bicyclic) bond motifs is 1. The molecule has 1 aliphatic heterocycles. The molecule has 1 aromatic carbocycles. The zero-order valence-corrected chi connectivity index (χ0v) is 16.0. The van der Waals surface area contributed by atoms with Crippen molar-refractivity contribution < 1.29 is 14.3 Å². The van der Waals surface area contributed by atoms with Crippen molar-refractivity contribution in [2.24, 2.45) is 7.05 Å². The Morgan fingerprint density at radius 3 is 2.89 bits per heavy atom. The molecule has 4 rings (SSSR count). The molecule has 0 bridgehead atoms. The number of hydrogen-bond acceptors (Lipinski definition) is 6. The number of para-hydroxylation sites is 2. The Bertz CT molecular complexity index is 938. The number of aryl methyl sites for hydroxylation is 2. The average molecular weight is 384 g/mol. The predicted octanol–water partition coefficient (Wildman–Crippen LogP) is 2.67. The highest BCUT2D eigenvalue weighted by atomic mass is 32.1. The van der Waals surface area contributed by atoms with Gasteiger partial charge in [0.2, 0.25) is 0 Å². The van der Waals surface area contributed by atoms with Crippen LogP contribution in [-0.2, 0) is 13.6 Å². The van der Waals surface area contributed by atoms with Crippen LogP contribution in [0.5, 0.6) is 11.5 Å². The number of carbonyl (C=O) groups is 1. The van der Waals surface area contributed by atoms with Crippen molar-refractivity contribution >= 4 is 17.2 Å². The standard InChI is InChI=1S/C19H20N4O3S/c1-13-9-15(22(2)21-13)19(24)23(11-18-20-7-8-27-18)10-14-12-25-16-5-3-4-6-17(16)26-14/h3-9,14H,10-12H2,1-2H3/t14-/m1/s1. The van der Waals surface area contributed by atoms with Gasteiger partial charge in [-0.15, -0.1) is 11.3 Å². The van der Waals surface area contributed by atoms with Crippen LogP contribution in [0, 0.1) is 6.92 Å². The topological polar surface area (TPSA) is 69.5 Å². The molecule has 3 heterocycles. The number of benzene rings is 1. The van der Waals surface area contributed by atoms with Gasteiger partial charge >= 0.3 is 0 Å². The summed E-state index contributed by atoms with van der Waals surface area (Å²) in [6.45, 7) is 3.08. The van der Waals surface area contributed by atoms with Crippen LogP contribution in [0.15, 0.2) is 41.9 Å². The van der Waals surface area contributed by atoms with Crippen molar-refractivity contribution in [1.29, 1.82) is 0 Å². The summed E-state index contributed by atoms with van der Waals surface area (Å²) in [5.41, 5.74) is 1.35. The summed E-state index contributed by atoms with van der Waals surface area (Å²) in [7, 11) is 1.78. The lowest BCUT2D eigenvalue weighted by Gasteiger charge is -2.31. The van der Waals surface area contributed by atoms with Crippen LogP contribution in [0.3, 0.4) is 0 Å². The van der Waals surface area contributed by atoms with Crippen LogP contribution in [0.4, 0.5) is 0 Å². The molecule has 27 heavy (non-hydrogen) atoms. The number of amides is 1. The second-order valence-electron chi connectivity index (χ2n) is 6.40. The van der Waals surface area contributed by atoms with Gasteiger partial charge in [0.15, 0.2) is 17.6 Å². The third-order valence-electron chi connectivity index (χ3n) is 4.31. The van der Waals surface area contributed by atoms with E-state index in [4.69, 9.17) is 9.47 Å². The van der Waals surface area contributed by atoms with Gasteiger partial charge in [-0.25, -0.2) is 4.98 Å². The molecular weight excluding hydrogens is 364 g/mol. The summed E-state index contributed by atoms with van der Waals surface area (Å²) in [5.74, 6) is 1.33. The zero-order chi connectivity index (χ0) is 18.8. The third-order valence-corrected chi connectivity index (χ3v) is 5.07. The number of nitrogens with zero attached hydrogens (tertiary/aromatic N) is 4. The minimum Gasteiger partial charge on any atom is -0.486 e. The summed E-state index contributed by atoms with van der Waals surface area (Å²) in [6, 6.07) is 9.36. The summed E-state index contributed by atoms with van der Waals surface area (Å²) < 4.78 is 13.4. The normalized spacial score (nSPS) is 15.6. The minimum absolute atomic E-state index is 0.101. The highest BCUT2D eigenvalue weighted by Gasteiger charge is 2.28. The van der Waals surface area contributed by atoms with Crippen molar-refractivity contribution in [3.8, 4) is 11.5 Å². The Kier molecular flexibility index (Phi) is 4.81. The van der Waals surface area contributed by atoms with E-state index in [0.29, 0.717) is 31.1 Å². The van der Waals surface area contributed by atoms with Crippen LogP contribution in [0.2, 0.25) is 0 Å². The monoisotopic (exact) mass is 384 g/mol. The maximum absolute atomic E-state index is 13.2. The lowest BCUT2D eigenvalue weighted by atomic mass is 10.2. The maximum Gasteiger partial charge on any atom is 0.272 e. The molecule has 8 heteroatoms. The van der Waals surface area contributed by atoms with E-state index < -0.39 is 0 Å². The fourth-order valence-electron chi connectivity index (χ4n) is 3.09. The molecule has 0 radical (unpaired) electrons. The second-order valence-corrected chi connectivity index (χ2v) is 7.38. The van der Waals surface area contributed by atoms with Crippen LogP contribution in [0.25, 0.3) is 0 Å². The Balaban J connectivity index is 1.55. The van der Waals surface area contributed by atoms with Crippen molar-refractivity contribution in [1.82, 2.24) is 19.7 Å². The number of ether oxygens (including phenoxy) is 2. The molecule has 3 aromatic rings. The molecule has 0 fully saturated rings. The summed E-state index contributed by atoms with van der Waals surface area (Å²) in [6.07, 6.45) is 1.49. The van der Waals surface area contributed by atoms with Crippen molar-refractivity contribution in [3.63, 3.8) is 0 Å². The highest BCUT2D eigenvalue weighted by molar-refractivity contribution is 7.09. The van der Waals surface area contributed by atoms with Gasteiger partial charge in [0.1, 0.15) is 17.3 Å². The van der Waals surface area contributed by atoms with Crippen LogP contribution in [-0.4, -0.2) is 44.8 Å². The SMILES string of the molecule is Cc1cc(C(=O)N(Cc2nccs2)C[C@@H]2COc3ccccc3O2)n(C)n1. The van der Waals surface area contributed by atoms with Crippen LogP contribution in [0.1, 0.15) is 21.2 Å². The van der Waals surface area contributed by atoms with E-state index >= 15 is 0 Å². The Labute approximate surface area is 161 Å². The van der Waals surface area contributed by atoms with Gasteiger partial charge in [0.25, 0.3) is 5.91 Å². The second kappa shape index (κ2) is 7.40. The third kappa shape index (κ3) is 3.80. The first-order chi connectivity index (χ1) is 13.1. The van der Waals surface area contributed by atoms with Gasteiger partial charge < -0.3 is 14.4 Å². The van der Waals surface area contributed by atoms with Crippen LogP contribution < -0.4 is 9.47 Å². The van der Waals surface area contributed by atoms with Crippen molar-refractivity contribution in [2.45, 2.75) is 19.6 Å². The molecule has 0 aliphatic carbocycles. The number of rotatable bonds is 5. The molecule has 1 atom stereocenters.